The number of hydrogen-bond donors (Lipinski definition) is 1. The van der Waals surface area contributed by atoms with Gasteiger partial charge < -0.3 is 0 Å². The molecule has 1 N–H and O–H groups in total. The Labute approximate surface area is 104 Å². The Bertz CT molecular complexity index is 293. The summed E-state index contributed by atoms with van der Waals surface area (Å²) < 4.78 is 0. The Morgan fingerprint density at radius 2 is 2.00 bits per heavy atom. The summed E-state index contributed by atoms with van der Waals surface area (Å²) >= 11 is 0. The fraction of sp³-hybridized carbons (Fsp3) is 0.857. The lowest BCUT2D eigenvalue weighted by molar-refractivity contribution is -0.125. The van der Waals surface area contributed by atoms with E-state index in [1.165, 1.54) is 37.8 Å². The maximum absolute atomic E-state index is 11.9. The second-order valence-corrected chi connectivity index (χ2v) is 5.41. The normalized spacial score (nSPS) is 28.5. The summed E-state index contributed by atoms with van der Waals surface area (Å²) in [5, 5.41) is 4.37. The van der Waals surface area contributed by atoms with Crippen LogP contribution in [0.5, 0.6) is 0 Å². The van der Waals surface area contributed by atoms with Crippen LogP contribution in [0.4, 0.5) is 0 Å². The third-order valence-corrected chi connectivity index (χ3v) is 4.24. The number of carbonyl (C=O) groups is 1. The lowest BCUT2D eigenvalue weighted by Crippen LogP contribution is -2.29. The molecule has 0 aliphatic heterocycles. The number of rotatable bonds is 3. The van der Waals surface area contributed by atoms with E-state index < -0.39 is 0 Å². The molecule has 2 fully saturated rings. The molecule has 0 aromatic heterocycles. The second kappa shape index (κ2) is 6.18. The number of hydrogen-bond acceptors (Lipinski definition) is 2. The van der Waals surface area contributed by atoms with E-state index in [9.17, 15) is 4.79 Å². The molecular weight excluding hydrogens is 212 g/mol. The van der Waals surface area contributed by atoms with Crippen molar-refractivity contribution in [2.45, 2.75) is 64.7 Å². The zero-order valence-corrected chi connectivity index (χ0v) is 10.9. The molecule has 2 aliphatic carbocycles. The molecule has 0 aromatic rings. The first kappa shape index (κ1) is 12.6. The van der Waals surface area contributed by atoms with Crippen LogP contribution in [0.15, 0.2) is 5.10 Å². The van der Waals surface area contributed by atoms with Crippen molar-refractivity contribution in [2.24, 2.45) is 16.9 Å². The quantitative estimate of drug-likeness (QED) is 0.751. The largest absolute Gasteiger partial charge is 0.273 e. The lowest BCUT2D eigenvalue weighted by Gasteiger charge is -2.19. The van der Waals surface area contributed by atoms with E-state index >= 15 is 0 Å². The first-order valence-electron chi connectivity index (χ1n) is 7.17. The summed E-state index contributed by atoms with van der Waals surface area (Å²) in [6.07, 6.45) is 10.5. The van der Waals surface area contributed by atoms with Crippen molar-refractivity contribution < 1.29 is 4.79 Å². The molecule has 0 spiro atoms. The fourth-order valence-electron chi connectivity index (χ4n) is 3.07. The Hall–Kier alpha value is -0.860. The number of carbonyl (C=O) groups excluding carboxylic acids is 1. The van der Waals surface area contributed by atoms with Gasteiger partial charge in [0.15, 0.2) is 0 Å². The first-order chi connectivity index (χ1) is 8.31. The summed E-state index contributed by atoms with van der Waals surface area (Å²) in [5.74, 6) is 0.982. The second-order valence-electron chi connectivity index (χ2n) is 5.41. The molecule has 2 aliphatic rings. The van der Waals surface area contributed by atoms with Crippen LogP contribution in [0.3, 0.4) is 0 Å². The molecule has 1 amide bonds. The maximum Gasteiger partial charge on any atom is 0.243 e. The van der Waals surface area contributed by atoms with E-state index in [4.69, 9.17) is 0 Å². The summed E-state index contributed by atoms with van der Waals surface area (Å²) in [6, 6.07) is 0. The van der Waals surface area contributed by atoms with Gasteiger partial charge in [-0.2, -0.15) is 5.10 Å². The van der Waals surface area contributed by atoms with Crippen molar-refractivity contribution in [1.29, 1.82) is 0 Å². The monoisotopic (exact) mass is 236 g/mol. The third-order valence-electron chi connectivity index (χ3n) is 4.24. The van der Waals surface area contributed by atoms with Gasteiger partial charge in [-0.3, -0.25) is 4.79 Å². The van der Waals surface area contributed by atoms with Gasteiger partial charge in [-0.1, -0.05) is 26.2 Å². The van der Waals surface area contributed by atoms with Crippen molar-refractivity contribution in [3.63, 3.8) is 0 Å². The minimum Gasteiger partial charge on any atom is -0.273 e. The first-order valence-corrected chi connectivity index (χ1v) is 7.17. The lowest BCUT2D eigenvalue weighted by atomic mass is 9.89. The van der Waals surface area contributed by atoms with Crippen molar-refractivity contribution in [3.05, 3.63) is 0 Å². The minimum absolute atomic E-state index is 0.152. The van der Waals surface area contributed by atoms with Crippen LogP contribution >= 0.6 is 0 Å². The zero-order chi connectivity index (χ0) is 12.1. The molecule has 2 rings (SSSR count). The Morgan fingerprint density at radius 3 is 2.71 bits per heavy atom. The van der Waals surface area contributed by atoms with E-state index in [1.54, 1.807) is 0 Å². The smallest absolute Gasteiger partial charge is 0.243 e. The predicted molar refractivity (Wildman–Crippen MR) is 69.8 cm³/mol. The van der Waals surface area contributed by atoms with Gasteiger partial charge in [-0.05, 0) is 44.4 Å². The third kappa shape index (κ3) is 3.30. The van der Waals surface area contributed by atoms with Crippen LogP contribution in [-0.4, -0.2) is 11.6 Å². The van der Waals surface area contributed by atoms with Gasteiger partial charge in [0.2, 0.25) is 5.91 Å². The van der Waals surface area contributed by atoms with Gasteiger partial charge in [-0.25, -0.2) is 5.43 Å². The Balaban J connectivity index is 1.83. The maximum atomic E-state index is 11.9. The molecule has 96 valence electrons. The highest BCUT2D eigenvalue weighted by Crippen LogP contribution is 2.26. The Morgan fingerprint density at radius 1 is 1.24 bits per heavy atom. The van der Waals surface area contributed by atoms with Crippen molar-refractivity contribution in [2.75, 3.05) is 0 Å². The summed E-state index contributed by atoms with van der Waals surface area (Å²) in [7, 11) is 0. The van der Waals surface area contributed by atoms with E-state index in [0.29, 0.717) is 5.92 Å². The summed E-state index contributed by atoms with van der Waals surface area (Å²) in [6.45, 7) is 2.20. The average molecular weight is 236 g/mol. The molecule has 0 unspecified atom stereocenters. The highest BCUT2D eigenvalue weighted by molar-refractivity contribution is 5.90. The van der Waals surface area contributed by atoms with Gasteiger partial charge >= 0.3 is 0 Å². The molecular formula is C14H24N2O. The number of amides is 1. The van der Waals surface area contributed by atoms with E-state index in [1.807, 2.05) is 0 Å². The van der Waals surface area contributed by atoms with E-state index in [0.717, 1.165) is 25.7 Å². The van der Waals surface area contributed by atoms with Crippen molar-refractivity contribution in [1.82, 2.24) is 5.43 Å². The molecule has 17 heavy (non-hydrogen) atoms. The average Bonchev–Trinajstić information content (AvgIpc) is 2.84. The topological polar surface area (TPSA) is 41.5 Å². The predicted octanol–water partition coefficient (Wildman–Crippen LogP) is 3.25. The van der Waals surface area contributed by atoms with Crippen LogP contribution in [0.2, 0.25) is 0 Å². The van der Waals surface area contributed by atoms with E-state index in [2.05, 4.69) is 17.5 Å². The van der Waals surface area contributed by atoms with Gasteiger partial charge in [0.1, 0.15) is 0 Å². The van der Waals surface area contributed by atoms with Crippen LogP contribution in [0, 0.1) is 11.8 Å². The minimum atomic E-state index is 0.152. The summed E-state index contributed by atoms with van der Waals surface area (Å²) in [4.78, 5) is 11.9. The summed E-state index contributed by atoms with van der Waals surface area (Å²) in [5.41, 5.74) is 4.03. The zero-order valence-electron chi connectivity index (χ0n) is 10.9. The molecule has 2 saturated carbocycles. The van der Waals surface area contributed by atoms with Crippen molar-refractivity contribution >= 4 is 11.6 Å². The SMILES string of the molecule is CC[C@@H]1CCCC1=NNC(=O)C1CCCCC1. The van der Waals surface area contributed by atoms with Gasteiger partial charge in [0.05, 0.1) is 0 Å². The van der Waals surface area contributed by atoms with Gasteiger partial charge in [-0.15, -0.1) is 0 Å². The molecule has 0 radical (unpaired) electrons. The Kier molecular flexibility index (Phi) is 4.57. The van der Waals surface area contributed by atoms with Crippen molar-refractivity contribution in [3.8, 4) is 0 Å². The van der Waals surface area contributed by atoms with Crippen LogP contribution in [0.25, 0.3) is 0 Å². The number of nitrogens with zero attached hydrogens (tertiary/aromatic N) is 1. The molecule has 0 aromatic carbocycles. The molecule has 1 atom stereocenters. The van der Waals surface area contributed by atoms with Gasteiger partial charge in [0, 0.05) is 11.6 Å². The highest BCUT2D eigenvalue weighted by Gasteiger charge is 2.23. The number of nitrogens with one attached hydrogen (secondary N) is 1. The van der Waals surface area contributed by atoms with E-state index in [-0.39, 0.29) is 11.8 Å². The molecule has 3 nitrogen and oxygen atoms in total. The standard InChI is InChI=1S/C14H24N2O/c1-2-11-9-6-10-13(11)15-16-14(17)12-7-4-3-5-8-12/h11-12H,2-10H2,1H3,(H,16,17)/t11-/m1/s1. The molecule has 3 heteroatoms. The van der Waals surface area contributed by atoms with Crippen LogP contribution < -0.4 is 5.43 Å². The van der Waals surface area contributed by atoms with Crippen LogP contribution in [-0.2, 0) is 4.79 Å². The fourth-order valence-corrected chi connectivity index (χ4v) is 3.07. The highest BCUT2D eigenvalue weighted by atomic mass is 16.2. The number of hydrazone groups is 1. The van der Waals surface area contributed by atoms with Gasteiger partial charge in [0.25, 0.3) is 0 Å². The molecule has 0 heterocycles. The molecule has 0 bridgehead atoms. The molecule has 0 saturated heterocycles. The van der Waals surface area contributed by atoms with Crippen LogP contribution in [0.1, 0.15) is 64.7 Å².